The predicted molar refractivity (Wildman–Crippen MR) is 126 cm³/mol. The van der Waals surface area contributed by atoms with E-state index in [0.717, 1.165) is 23.2 Å². The highest BCUT2D eigenvalue weighted by Crippen LogP contribution is 2.24. The second kappa shape index (κ2) is 10.5. The van der Waals surface area contributed by atoms with E-state index in [1.54, 1.807) is 19.1 Å². The first-order chi connectivity index (χ1) is 15.3. The average molecular weight is 433 g/mol. The van der Waals surface area contributed by atoms with Crippen molar-refractivity contribution in [2.45, 2.75) is 26.1 Å². The van der Waals surface area contributed by atoms with Crippen molar-refractivity contribution in [1.29, 1.82) is 0 Å². The maximum absolute atomic E-state index is 12.5. The molecule has 0 heterocycles. The number of carbonyl (C=O) groups is 1. The lowest BCUT2D eigenvalue weighted by atomic mass is 9.98. The normalized spacial score (nSPS) is 11.8. The van der Waals surface area contributed by atoms with Gasteiger partial charge in [-0.3, -0.25) is 10.1 Å². The Hall–Kier alpha value is -3.71. The number of rotatable bonds is 8. The minimum atomic E-state index is -0.444. The van der Waals surface area contributed by atoms with Crippen molar-refractivity contribution in [2.75, 3.05) is 14.1 Å². The van der Waals surface area contributed by atoms with E-state index in [4.69, 9.17) is 0 Å². The average Bonchev–Trinajstić information content (AvgIpc) is 2.78. The van der Waals surface area contributed by atoms with Crippen molar-refractivity contribution in [3.05, 3.63) is 99.6 Å². The van der Waals surface area contributed by atoms with Gasteiger partial charge < -0.3 is 15.5 Å². The molecule has 1 unspecified atom stereocenters. The minimum absolute atomic E-state index is 0.00193. The summed E-state index contributed by atoms with van der Waals surface area (Å²) in [4.78, 5) is 25.1. The van der Waals surface area contributed by atoms with Crippen LogP contribution >= 0.6 is 0 Å². The molecule has 7 nitrogen and oxygen atoms in total. The summed E-state index contributed by atoms with van der Waals surface area (Å²) >= 11 is 0. The van der Waals surface area contributed by atoms with Crippen LogP contribution in [0.5, 0.6) is 0 Å². The Morgan fingerprint density at radius 1 is 1.03 bits per heavy atom. The standard InChI is InChI=1S/C25H28N4O3/c1-18(21-8-6-9-23(15-21)29(31)32)27-25(30)26-16-22-7-4-5-10-24(22)20-13-11-19(12-14-20)17-28(2)3/h4-15,18H,16-17H2,1-3H3,(H2,26,27,30). The molecule has 2 amide bonds. The molecule has 166 valence electrons. The molecule has 2 N–H and O–H groups in total. The smallest absolute Gasteiger partial charge is 0.315 e. The van der Waals surface area contributed by atoms with Gasteiger partial charge in [0.15, 0.2) is 0 Å². The van der Waals surface area contributed by atoms with Gasteiger partial charge >= 0.3 is 6.03 Å². The van der Waals surface area contributed by atoms with Crippen molar-refractivity contribution in [2.24, 2.45) is 0 Å². The van der Waals surface area contributed by atoms with Crippen LogP contribution in [0.25, 0.3) is 11.1 Å². The van der Waals surface area contributed by atoms with E-state index in [9.17, 15) is 14.9 Å². The Morgan fingerprint density at radius 2 is 1.75 bits per heavy atom. The summed E-state index contributed by atoms with van der Waals surface area (Å²) in [6.07, 6.45) is 0. The third-order valence-corrected chi connectivity index (χ3v) is 5.15. The van der Waals surface area contributed by atoms with E-state index in [0.29, 0.717) is 12.1 Å². The van der Waals surface area contributed by atoms with E-state index in [1.807, 2.05) is 38.4 Å². The second-order valence-electron chi connectivity index (χ2n) is 7.99. The number of nitro benzene ring substituents is 1. The number of nitrogens with zero attached hydrogens (tertiary/aromatic N) is 2. The highest BCUT2D eigenvalue weighted by Gasteiger charge is 2.14. The molecule has 32 heavy (non-hydrogen) atoms. The second-order valence-corrected chi connectivity index (χ2v) is 7.99. The Balaban J connectivity index is 1.64. The van der Waals surface area contributed by atoms with Crippen LogP contribution in [0.1, 0.15) is 29.7 Å². The van der Waals surface area contributed by atoms with Crippen LogP contribution in [-0.2, 0) is 13.1 Å². The Morgan fingerprint density at radius 3 is 2.44 bits per heavy atom. The molecule has 0 aliphatic rings. The first-order valence-electron chi connectivity index (χ1n) is 10.4. The summed E-state index contributed by atoms with van der Waals surface area (Å²) < 4.78 is 0. The largest absolute Gasteiger partial charge is 0.334 e. The number of hydrogen-bond acceptors (Lipinski definition) is 4. The van der Waals surface area contributed by atoms with Crippen LogP contribution in [0.4, 0.5) is 10.5 Å². The molecule has 7 heteroatoms. The zero-order valence-electron chi connectivity index (χ0n) is 18.5. The third-order valence-electron chi connectivity index (χ3n) is 5.15. The SMILES string of the molecule is CC(NC(=O)NCc1ccccc1-c1ccc(CN(C)C)cc1)c1cccc([N+](=O)[O-])c1. The molecule has 1 atom stereocenters. The highest BCUT2D eigenvalue weighted by molar-refractivity contribution is 5.75. The van der Waals surface area contributed by atoms with Crippen LogP contribution in [-0.4, -0.2) is 29.9 Å². The molecule has 0 saturated heterocycles. The van der Waals surface area contributed by atoms with Crippen LogP contribution in [0.15, 0.2) is 72.8 Å². The Labute approximate surface area is 188 Å². The topological polar surface area (TPSA) is 87.5 Å². The van der Waals surface area contributed by atoms with Gasteiger partial charge in [0, 0.05) is 25.2 Å². The van der Waals surface area contributed by atoms with Gasteiger partial charge in [0.05, 0.1) is 11.0 Å². The Bertz CT molecular complexity index is 1080. The van der Waals surface area contributed by atoms with Gasteiger partial charge in [-0.2, -0.15) is 0 Å². The summed E-state index contributed by atoms with van der Waals surface area (Å²) in [5.74, 6) is 0. The van der Waals surface area contributed by atoms with Crippen LogP contribution in [0.2, 0.25) is 0 Å². The lowest BCUT2D eigenvalue weighted by Crippen LogP contribution is -2.36. The van der Waals surface area contributed by atoms with Crippen molar-refractivity contribution >= 4 is 11.7 Å². The molecule has 0 aromatic heterocycles. The van der Waals surface area contributed by atoms with Gasteiger partial charge in [-0.25, -0.2) is 4.79 Å². The van der Waals surface area contributed by atoms with Gasteiger partial charge in [0.1, 0.15) is 0 Å². The number of non-ortho nitro benzene ring substituents is 1. The predicted octanol–water partition coefficient (Wildman–Crippen LogP) is 4.88. The minimum Gasteiger partial charge on any atom is -0.334 e. The van der Waals surface area contributed by atoms with Gasteiger partial charge in [-0.1, -0.05) is 60.7 Å². The van der Waals surface area contributed by atoms with E-state index in [-0.39, 0.29) is 17.8 Å². The number of nitrogens with one attached hydrogen (secondary N) is 2. The van der Waals surface area contributed by atoms with Gasteiger partial charge in [-0.15, -0.1) is 0 Å². The van der Waals surface area contributed by atoms with Crippen molar-refractivity contribution in [3.8, 4) is 11.1 Å². The van der Waals surface area contributed by atoms with Gasteiger partial charge in [0.25, 0.3) is 5.69 Å². The van der Waals surface area contributed by atoms with Gasteiger partial charge in [0.2, 0.25) is 0 Å². The van der Waals surface area contributed by atoms with E-state index < -0.39 is 4.92 Å². The number of benzene rings is 3. The van der Waals surface area contributed by atoms with Crippen LogP contribution in [0.3, 0.4) is 0 Å². The highest BCUT2D eigenvalue weighted by atomic mass is 16.6. The summed E-state index contributed by atoms with van der Waals surface area (Å²) in [7, 11) is 4.08. The fourth-order valence-corrected chi connectivity index (χ4v) is 3.53. The van der Waals surface area contributed by atoms with Crippen molar-refractivity contribution in [1.82, 2.24) is 15.5 Å². The molecule has 0 spiro atoms. The monoisotopic (exact) mass is 432 g/mol. The molecule has 0 aliphatic carbocycles. The number of carbonyl (C=O) groups excluding carboxylic acids is 1. The van der Waals surface area contributed by atoms with Crippen LogP contribution < -0.4 is 10.6 Å². The van der Waals surface area contributed by atoms with E-state index >= 15 is 0 Å². The number of urea groups is 1. The summed E-state index contributed by atoms with van der Waals surface area (Å²) in [5.41, 5.74) is 5.08. The first kappa shape index (κ1) is 23.0. The van der Waals surface area contributed by atoms with Gasteiger partial charge in [-0.05, 0) is 48.8 Å². The van der Waals surface area contributed by atoms with E-state index in [1.165, 1.54) is 17.7 Å². The van der Waals surface area contributed by atoms with E-state index in [2.05, 4.69) is 39.8 Å². The molecular weight excluding hydrogens is 404 g/mol. The first-order valence-corrected chi connectivity index (χ1v) is 10.4. The van der Waals surface area contributed by atoms with Crippen LogP contribution in [0, 0.1) is 10.1 Å². The lowest BCUT2D eigenvalue weighted by Gasteiger charge is -2.16. The molecule has 0 aliphatic heterocycles. The summed E-state index contributed by atoms with van der Waals surface area (Å²) in [5, 5.41) is 16.7. The molecule has 0 saturated carbocycles. The summed E-state index contributed by atoms with van der Waals surface area (Å²) in [6, 6.07) is 22.0. The Kier molecular flexibility index (Phi) is 7.57. The zero-order chi connectivity index (χ0) is 23.1. The quantitative estimate of drug-likeness (QED) is 0.392. The fraction of sp³-hybridized carbons (Fsp3) is 0.240. The molecule has 0 fully saturated rings. The molecule has 0 bridgehead atoms. The number of nitro groups is 1. The molecule has 3 aromatic carbocycles. The molecule has 3 rings (SSSR count). The maximum atomic E-state index is 12.5. The maximum Gasteiger partial charge on any atom is 0.315 e. The molecule has 3 aromatic rings. The molecular formula is C25H28N4O3. The summed E-state index contributed by atoms with van der Waals surface area (Å²) in [6.45, 7) is 3.04. The number of amides is 2. The fourth-order valence-electron chi connectivity index (χ4n) is 3.53. The van der Waals surface area contributed by atoms with Crippen molar-refractivity contribution < 1.29 is 9.72 Å². The molecule has 0 radical (unpaired) electrons. The number of hydrogen-bond donors (Lipinski definition) is 2. The van der Waals surface area contributed by atoms with Crippen molar-refractivity contribution in [3.63, 3.8) is 0 Å². The third kappa shape index (κ3) is 6.15. The zero-order valence-corrected chi connectivity index (χ0v) is 18.5. The lowest BCUT2D eigenvalue weighted by molar-refractivity contribution is -0.384.